The van der Waals surface area contributed by atoms with Gasteiger partial charge in [-0.3, -0.25) is 9.78 Å². The Morgan fingerprint density at radius 2 is 2.40 bits per heavy atom. The molecule has 1 amide bonds. The van der Waals surface area contributed by atoms with Crippen LogP contribution in [0.5, 0.6) is 0 Å². The maximum Gasteiger partial charge on any atom is 0.255 e. The first-order chi connectivity index (χ1) is 9.67. The van der Waals surface area contributed by atoms with Gasteiger partial charge in [-0.1, -0.05) is 18.5 Å². The summed E-state index contributed by atoms with van der Waals surface area (Å²) < 4.78 is 1.56. The lowest BCUT2D eigenvalue weighted by Gasteiger charge is -2.15. The number of aromatic nitrogens is 3. The van der Waals surface area contributed by atoms with Crippen LogP contribution in [-0.2, 0) is 0 Å². The van der Waals surface area contributed by atoms with Gasteiger partial charge in [-0.25, -0.2) is 4.52 Å². The average molecular weight is 276 g/mol. The molecule has 0 saturated carbocycles. The molecule has 0 saturated heterocycles. The molecule has 0 aliphatic rings. The fourth-order valence-electron chi connectivity index (χ4n) is 1.90. The number of fused-ring (bicyclic) bond motifs is 1. The Bertz CT molecular complexity index is 636. The highest BCUT2D eigenvalue weighted by atomic mass is 16.4. The Morgan fingerprint density at radius 1 is 1.60 bits per heavy atom. The minimum atomic E-state index is -0.510. The molecule has 1 unspecified atom stereocenters. The van der Waals surface area contributed by atoms with Gasteiger partial charge in [0, 0.05) is 12.4 Å². The number of amidine groups is 1. The number of nitrogens with one attached hydrogen (secondary N) is 1. The molecule has 4 N–H and O–H groups in total. The predicted molar refractivity (Wildman–Crippen MR) is 72.6 cm³/mol. The SMILES string of the molecule is CCCC(NC(=O)c1cnn2ccncc12)/C(N)=N/O. The maximum atomic E-state index is 12.2. The van der Waals surface area contributed by atoms with Crippen LogP contribution in [0.3, 0.4) is 0 Å². The molecule has 2 rings (SSSR count). The predicted octanol–water partition coefficient (Wildman–Crippen LogP) is 0.374. The van der Waals surface area contributed by atoms with Crippen molar-refractivity contribution < 1.29 is 10.0 Å². The zero-order chi connectivity index (χ0) is 14.5. The summed E-state index contributed by atoms with van der Waals surface area (Å²) in [5.74, 6) is -0.354. The van der Waals surface area contributed by atoms with Crippen molar-refractivity contribution in [3.63, 3.8) is 0 Å². The van der Waals surface area contributed by atoms with Gasteiger partial charge in [-0.15, -0.1) is 0 Å². The first kappa shape index (κ1) is 13.8. The number of rotatable bonds is 5. The van der Waals surface area contributed by atoms with Crippen LogP contribution >= 0.6 is 0 Å². The minimum Gasteiger partial charge on any atom is -0.409 e. The molecule has 106 valence electrons. The third kappa shape index (κ3) is 2.68. The lowest BCUT2D eigenvalue weighted by Crippen LogP contribution is -2.44. The van der Waals surface area contributed by atoms with E-state index in [1.807, 2.05) is 6.92 Å². The first-order valence-corrected chi connectivity index (χ1v) is 6.23. The van der Waals surface area contributed by atoms with Crippen molar-refractivity contribution >= 4 is 17.3 Å². The molecule has 8 heteroatoms. The fourth-order valence-corrected chi connectivity index (χ4v) is 1.90. The van der Waals surface area contributed by atoms with Crippen LogP contribution in [0.1, 0.15) is 30.1 Å². The minimum absolute atomic E-state index is 0.0187. The highest BCUT2D eigenvalue weighted by molar-refractivity contribution is 6.02. The number of carbonyl (C=O) groups excluding carboxylic acids is 1. The number of carbonyl (C=O) groups is 1. The summed E-state index contributed by atoms with van der Waals surface area (Å²) in [6.07, 6.45) is 7.62. The number of nitrogens with two attached hydrogens (primary N) is 1. The van der Waals surface area contributed by atoms with Crippen molar-refractivity contribution in [3.8, 4) is 0 Å². The van der Waals surface area contributed by atoms with E-state index < -0.39 is 6.04 Å². The molecule has 0 aliphatic carbocycles. The smallest absolute Gasteiger partial charge is 0.255 e. The molecular weight excluding hydrogens is 260 g/mol. The highest BCUT2D eigenvalue weighted by Crippen LogP contribution is 2.09. The number of amides is 1. The van der Waals surface area contributed by atoms with Crippen molar-refractivity contribution in [2.75, 3.05) is 0 Å². The van der Waals surface area contributed by atoms with Gasteiger partial charge in [0.15, 0.2) is 5.84 Å². The lowest BCUT2D eigenvalue weighted by molar-refractivity contribution is 0.0946. The van der Waals surface area contributed by atoms with Crippen molar-refractivity contribution in [3.05, 3.63) is 30.4 Å². The normalized spacial score (nSPS) is 13.3. The molecule has 2 heterocycles. The summed E-state index contributed by atoms with van der Waals surface area (Å²) in [6.45, 7) is 1.95. The molecule has 2 aromatic rings. The second kappa shape index (κ2) is 6.00. The lowest BCUT2D eigenvalue weighted by atomic mass is 10.1. The van der Waals surface area contributed by atoms with Crippen LogP contribution < -0.4 is 11.1 Å². The number of hydrogen-bond acceptors (Lipinski definition) is 5. The van der Waals surface area contributed by atoms with E-state index >= 15 is 0 Å². The second-order valence-electron chi connectivity index (χ2n) is 4.30. The summed E-state index contributed by atoms with van der Waals surface area (Å²) in [4.78, 5) is 16.2. The number of nitrogens with zero attached hydrogens (tertiary/aromatic N) is 4. The molecule has 0 fully saturated rings. The Labute approximate surface area is 115 Å². The zero-order valence-corrected chi connectivity index (χ0v) is 11.0. The van der Waals surface area contributed by atoms with E-state index in [1.165, 1.54) is 6.20 Å². The molecule has 1 atom stereocenters. The van der Waals surface area contributed by atoms with Crippen LogP contribution in [0.2, 0.25) is 0 Å². The largest absolute Gasteiger partial charge is 0.409 e. The summed E-state index contributed by atoms with van der Waals surface area (Å²) >= 11 is 0. The van der Waals surface area contributed by atoms with Gasteiger partial charge in [0.05, 0.1) is 29.5 Å². The van der Waals surface area contributed by atoms with Gasteiger partial charge in [0.1, 0.15) is 0 Å². The van der Waals surface area contributed by atoms with Crippen LogP contribution in [0.4, 0.5) is 0 Å². The molecule has 8 nitrogen and oxygen atoms in total. The van der Waals surface area contributed by atoms with E-state index in [4.69, 9.17) is 10.9 Å². The summed E-state index contributed by atoms with van der Waals surface area (Å²) in [7, 11) is 0. The molecule has 0 bridgehead atoms. The number of oxime groups is 1. The second-order valence-corrected chi connectivity index (χ2v) is 4.30. The molecule has 0 radical (unpaired) electrons. The Kier molecular flexibility index (Phi) is 4.14. The van der Waals surface area contributed by atoms with Crippen molar-refractivity contribution in [2.24, 2.45) is 10.9 Å². The monoisotopic (exact) mass is 276 g/mol. The summed E-state index contributed by atoms with van der Waals surface area (Å²) in [5.41, 5.74) is 6.56. The highest BCUT2D eigenvalue weighted by Gasteiger charge is 2.19. The first-order valence-electron chi connectivity index (χ1n) is 6.23. The van der Waals surface area contributed by atoms with E-state index in [-0.39, 0.29) is 11.7 Å². The maximum absolute atomic E-state index is 12.2. The topological polar surface area (TPSA) is 118 Å². The van der Waals surface area contributed by atoms with Gasteiger partial charge >= 0.3 is 0 Å². The van der Waals surface area contributed by atoms with E-state index in [0.29, 0.717) is 17.5 Å². The van der Waals surface area contributed by atoms with Gasteiger partial charge in [0.2, 0.25) is 0 Å². The van der Waals surface area contributed by atoms with Crippen LogP contribution in [0.15, 0.2) is 29.9 Å². The molecule has 0 spiro atoms. The van der Waals surface area contributed by atoms with Gasteiger partial charge in [-0.2, -0.15) is 5.10 Å². The molecular formula is C12H16N6O2. The van der Waals surface area contributed by atoms with E-state index in [0.717, 1.165) is 6.42 Å². The molecule has 0 aromatic carbocycles. The van der Waals surface area contributed by atoms with E-state index in [9.17, 15) is 4.79 Å². The van der Waals surface area contributed by atoms with Crippen molar-refractivity contribution in [1.82, 2.24) is 19.9 Å². The molecule has 0 aliphatic heterocycles. The van der Waals surface area contributed by atoms with E-state index in [2.05, 4.69) is 20.6 Å². The standard InChI is InChI=1S/C12H16N6O2/c1-2-3-9(11(13)17-20)16-12(19)8-6-15-18-5-4-14-7-10(8)18/h4-7,9,20H,2-3H2,1H3,(H2,13,17)(H,16,19). The Balaban J connectivity index is 2.22. The van der Waals surface area contributed by atoms with Gasteiger partial charge in [0.25, 0.3) is 5.91 Å². The zero-order valence-electron chi connectivity index (χ0n) is 11.0. The van der Waals surface area contributed by atoms with Crippen LogP contribution in [0, 0.1) is 0 Å². The van der Waals surface area contributed by atoms with Crippen LogP contribution in [0.25, 0.3) is 5.52 Å². The van der Waals surface area contributed by atoms with Crippen molar-refractivity contribution in [1.29, 1.82) is 0 Å². The summed E-state index contributed by atoms with van der Waals surface area (Å²) in [5, 5.41) is 18.5. The quantitative estimate of drug-likeness (QED) is 0.316. The Morgan fingerprint density at radius 3 is 3.10 bits per heavy atom. The third-order valence-corrected chi connectivity index (χ3v) is 2.92. The van der Waals surface area contributed by atoms with E-state index in [1.54, 1.807) is 23.1 Å². The third-order valence-electron chi connectivity index (χ3n) is 2.92. The van der Waals surface area contributed by atoms with Crippen LogP contribution in [-0.4, -0.2) is 37.6 Å². The van der Waals surface area contributed by atoms with Gasteiger partial charge in [-0.05, 0) is 6.42 Å². The average Bonchev–Trinajstić information content (AvgIpc) is 2.90. The summed E-state index contributed by atoms with van der Waals surface area (Å²) in [6, 6.07) is -0.510. The fraction of sp³-hybridized carbons (Fsp3) is 0.333. The molecule has 2 aromatic heterocycles. The van der Waals surface area contributed by atoms with Crippen molar-refractivity contribution in [2.45, 2.75) is 25.8 Å². The van der Waals surface area contributed by atoms with Gasteiger partial charge < -0.3 is 16.3 Å². The Hall–Kier alpha value is -2.64. The molecule has 20 heavy (non-hydrogen) atoms. The number of hydrogen-bond donors (Lipinski definition) is 3.